The fourth-order valence-electron chi connectivity index (χ4n) is 3.57. The molecule has 1 unspecified atom stereocenters. The van der Waals surface area contributed by atoms with Crippen LogP contribution in [0.15, 0.2) is 36.4 Å². The second kappa shape index (κ2) is 7.05. The monoisotopic (exact) mass is 351 g/mol. The molecular formula is C20H25N5O. The predicted molar refractivity (Wildman–Crippen MR) is 103 cm³/mol. The van der Waals surface area contributed by atoms with Crippen molar-refractivity contribution in [2.24, 2.45) is 7.05 Å². The van der Waals surface area contributed by atoms with Gasteiger partial charge in [0.1, 0.15) is 11.9 Å². The Labute approximate surface area is 153 Å². The van der Waals surface area contributed by atoms with Crippen LogP contribution < -0.4 is 5.32 Å². The topological polar surface area (TPSA) is 55.2 Å². The largest absolute Gasteiger partial charge is 0.388 e. The lowest BCUT2D eigenvalue weighted by atomic mass is 10.1. The van der Waals surface area contributed by atoms with E-state index in [1.54, 1.807) is 0 Å². The lowest BCUT2D eigenvalue weighted by Gasteiger charge is -2.32. The summed E-state index contributed by atoms with van der Waals surface area (Å²) in [4.78, 5) is 11.9. The van der Waals surface area contributed by atoms with Crippen molar-refractivity contribution in [3.63, 3.8) is 0 Å². The van der Waals surface area contributed by atoms with Crippen LogP contribution in [0.4, 0.5) is 5.69 Å². The van der Waals surface area contributed by atoms with E-state index in [4.69, 9.17) is 9.72 Å². The van der Waals surface area contributed by atoms with Crippen molar-refractivity contribution < 1.29 is 4.74 Å². The Kier molecular flexibility index (Phi) is 4.61. The summed E-state index contributed by atoms with van der Waals surface area (Å²) in [5.41, 5.74) is 5.29. The highest BCUT2D eigenvalue weighted by Crippen LogP contribution is 2.25. The first-order chi connectivity index (χ1) is 12.6. The van der Waals surface area contributed by atoms with Gasteiger partial charge < -0.3 is 14.6 Å². The summed E-state index contributed by atoms with van der Waals surface area (Å²) in [6, 6.07) is 12.4. The average Bonchev–Trinajstić information content (AvgIpc) is 2.97. The summed E-state index contributed by atoms with van der Waals surface area (Å²) < 4.78 is 8.20. The summed E-state index contributed by atoms with van der Waals surface area (Å²) in [5.74, 6) is 1.08. The summed E-state index contributed by atoms with van der Waals surface area (Å²) in [6.45, 7) is 5.27. The zero-order chi connectivity index (χ0) is 18.1. The second-order valence-corrected chi connectivity index (χ2v) is 6.84. The molecule has 2 aromatic heterocycles. The number of pyridine rings is 1. The highest BCUT2D eigenvalue weighted by molar-refractivity contribution is 5.75. The van der Waals surface area contributed by atoms with Gasteiger partial charge in [-0.3, -0.25) is 9.88 Å². The van der Waals surface area contributed by atoms with Crippen molar-refractivity contribution in [3.05, 3.63) is 53.6 Å². The molecule has 0 spiro atoms. The van der Waals surface area contributed by atoms with E-state index in [0.29, 0.717) is 6.61 Å². The zero-order valence-electron chi connectivity index (χ0n) is 15.6. The molecule has 6 heteroatoms. The first kappa shape index (κ1) is 17.0. The first-order valence-electron chi connectivity index (χ1n) is 9.04. The van der Waals surface area contributed by atoms with Crippen LogP contribution in [0.3, 0.4) is 0 Å². The van der Waals surface area contributed by atoms with Crippen LogP contribution in [0.25, 0.3) is 11.0 Å². The number of aryl methyl sites for hydroxylation is 2. The number of anilines is 1. The third-order valence-corrected chi connectivity index (χ3v) is 4.99. The highest BCUT2D eigenvalue weighted by atomic mass is 16.5. The normalized spacial score (nSPS) is 18.3. The van der Waals surface area contributed by atoms with Crippen LogP contribution in [0.2, 0.25) is 0 Å². The number of nitrogens with zero attached hydrogens (tertiary/aromatic N) is 4. The number of imidazole rings is 1. The van der Waals surface area contributed by atoms with Gasteiger partial charge >= 0.3 is 0 Å². The highest BCUT2D eigenvalue weighted by Gasteiger charge is 2.25. The number of fused-ring (bicyclic) bond motifs is 1. The molecule has 136 valence electrons. The fourth-order valence-corrected chi connectivity index (χ4v) is 3.57. The Balaban J connectivity index is 1.53. The van der Waals surface area contributed by atoms with Crippen molar-refractivity contribution >= 4 is 16.7 Å². The maximum absolute atomic E-state index is 6.02. The molecule has 4 rings (SSSR count). The molecule has 1 saturated heterocycles. The van der Waals surface area contributed by atoms with E-state index in [-0.39, 0.29) is 6.10 Å². The smallest absolute Gasteiger partial charge is 0.123 e. The van der Waals surface area contributed by atoms with Crippen LogP contribution in [-0.4, -0.2) is 46.2 Å². The maximum Gasteiger partial charge on any atom is 0.123 e. The molecule has 26 heavy (non-hydrogen) atoms. The molecule has 0 radical (unpaired) electrons. The van der Waals surface area contributed by atoms with Gasteiger partial charge in [0.15, 0.2) is 0 Å². The van der Waals surface area contributed by atoms with E-state index >= 15 is 0 Å². The van der Waals surface area contributed by atoms with Crippen molar-refractivity contribution in [2.45, 2.75) is 19.6 Å². The number of ether oxygens (including phenoxy) is 1. The Morgan fingerprint density at radius 1 is 1.23 bits per heavy atom. The van der Waals surface area contributed by atoms with E-state index in [9.17, 15) is 0 Å². The standard InChI is InChI=1S/C20H25N5O/c1-14-10-15(21-2)11-17(22-14)19-12-25(8-9-26-19)13-20-23-16-6-4-5-7-18(16)24(20)3/h4-7,10-11,19H,8-9,12-13H2,1-3H3,(H,21,22). The minimum Gasteiger partial charge on any atom is -0.388 e. The molecule has 3 heterocycles. The van der Waals surface area contributed by atoms with Crippen molar-refractivity contribution in [2.75, 3.05) is 32.1 Å². The average molecular weight is 351 g/mol. The molecule has 1 fully saturated rings. The number of aromatic nitrogens is 3. The van der Waals surface area contributed by atoms with Crippen LogP contribution >= 0.6 is 0 Å². The number of hydrogen-bond donors (Lipinski definition) is 1. The van der Waals surface area contributed by atoms with Crippen LogP contribution in [0.1, 0.15) is 23.3 Å². The number of benzene rings is 1. The maximum atomic E-state index is 6.02. The Morgan fingerprint density at radius 2 is 2.08 bits per heavy atom. The van der Waals surface area contributed by atoms with Crippen LogP contribution in [0.5, 0.6) is 0 Å². The number of hydrogen-bond acceptors (Lipinski definition) is 5. The summed E-state index contributed by atoms with van der Waals surface area (Å²) in [6.07, 6.45) is -0.00886. The number of nitrogens with one attached hydrogen (secondary N) is 1. The molecule has 6 nitrogen and oxygen atoms in total. The van der Waals surface area contributed by atoms with Gasteiger partial charge in [-0.15, -0.1) is 0 Å². The quantitative estimate of drug-likeness (QED) is 0.783. The third-order valence-electron chi connectivity index (χ3n) is 4.99. The van der Waals surface area contributed by atoms with Gasteiger partial charge in [0.2, 0.25) is 0 Å². The lowest BCUT2D eigenvalue weighted by Crippen LogP contribution is -2.38. The van der Waals surface area contributed by atoms with Crippen LogP contribution in [-0.2, 0) is 18.3 Å². The van der Waals surface area contributed by atoms with E-state index in [2.05, 4.69) is 51.1 Å². The van der Waals surface area contributed by atoms with Gasteiger partial charge in [-0.25, -0.2) is 4.98 Å². The van der Waals surface area contributed by atoms with Gasteiger partial charge in [0, 0.05) is 38.6 Å². The van der Waals surface area contributed by atoms with Gasteiger partial charge in [-0.2, -0.15) is 0 Å². The van der Waals surface area contributed by atoms with Gasteiger partial charge in [0.25, 0.3) is 0 Å². The van der Waals surface area contributed by atoms with Gasteiger partial charge in [-0.05, 0) is 31.2 Å². The minimum atomic E-state index is -0.00886. The van der Waals surface area contributed by atoms with E-state index in [1.165, 1.54) is 5.52 Å². The fraction of sp³-hybridized carbons (Fsp3) is 0.400. The number of para-hydroxylation sites is 2. The minimum absolute atomic E-state index is 0.00886. The van der Waals surface area contributed by atoms with Crippen LogP contribution in [0, 0.1) is 6.92 Å². The second-order valence-electron chi connectivity index (χ2n) is 6.84. The Morgan fingerprint density at radius 3 is 2.88 bits per heavy atom. The van der Waals surface area contributed by atoms with Gasteiger partial charge in [-0.1, -0.05) is 12.1 Å². The predicted octanol–water partition coefficient (Wildman–Crippen LogP) is 2.89. The van der Waals surface area contributed by atoms with Crippen molar-refractivity contribution in [1.29, 1.82) is 0 Å². The molecule has 1 aromatic carbocycles. The summed E-state index contributed by atoms with van der Waals surface area (Å²) in [7, 11) is 4.02. The molecule has 0 aliphatic carbocycles. The Hall–Kier alpha value is -2.44. The summed E-state index contributed by atoms with van der Waals surface area (Å²) >= 11 is 0. The molecule has 1 aliphatic rings. The molecular weight excluding hydrogens is 326 g/mol. The van der Waals surface area contributed by atoms with Crippen molar-refractivity contribution in [1.82, 2.24) is 19.4 Å². The van der Waals surface area contributed by atoms with E-state index < -0.39 is 0 Å². The van der Waals surface area contributed by atoms with Crippen molar-refractivity contribution in [3.8, 4) is 0 Å². The molecule has 1 N–H and O–H groups in total. The molecule has 0 saturated carbocycles. The molecule has 0 amide bonds. The van der Waals surface area contributed by atoms with Gasteiger partial charge in [0.05, 0.1) is 29.9 Å². The molecule has 0 bridgehead atoms. The number of rotatable bonds is 4. The zero-order valence-corrected chi connectivity index (χ0v) is 15.6. The molecule has 3 aromatic rings. The number of morpholine rings is 1. The summed E-state index contributed by atoms with van der Waals surface area (Å²) in [5, 5.41) is 3.20. The first-order valence-corrected chi connectivity index (χ1v) is 9.04. The van der Waals surface area contributed by atoms with E-state index in [1.807, 2.05) is 26.1 Å². The van der Waals surface area contributed by atoms with E-state index in [0.717, 1.165) is 48.1 Å². The molecule has 1 aliphatic heterocycles. The third kappa shape index (κ3) is 3.30. The lowest BCUT2D eigenvalue weighted by molar-refractivity contribution is -0.0359. The SMILES string of the molecule is CNc1cc(C)nc(C2CN(Cc3nc4ccccc4n3C)CCO2)c1. The Bertz CT molecular complexity index is 920. The molecule has 1 atom stereocenters.